The standard InChI is InChI=1S/C21H26N4O3/c1-20(2,3)28-19(26)25-9-8-21(10-17(25)27-21)14-11-22-23-12-16-18(14)13-6-4-5-7-15(13)24-16/h4-5,7,11-12,17,22-24H,6,8-10H2,1-3H3. The van der Waals surface area contributed by atoms with Gasteiger partial charge in [-0.25, -0.2) is 4.79 Å². The maximum absolute atomic E-state index is 12.5. The fourth-order valence-corrected chi connectivity index (χ4v) is 4.51. The van der Waals surface area contributed by atoms with Gasteiger partial charge in [-0.3, -0.25) is 4.90 Å². The molecule has 5 heterocycles. The van der Waals surface area contributed by atoms with Crippen molar-refractivity contribution in [3.63, 3.8) is 0 Å². The first kappa shape index (κ1) is 17.4. The van der Waals surface area contributed by atoms with Crippen LogP contribution in [0.15, 0.2) is 18.4 Å². The molecule has 1 aliphatic carbocycles. The molecule has 7 heteroatoms. The minimum absolute atomic E-state index is 0.227. The minimum Gasteiger partial charge on any atom is -0.444 e. The smallest absolute Gasteiger partial charge is 0.412 e. The van der Waals surface area contributed by atoms with Gasteiger partial charge in [0.05, 0.1) is 5.35 Å². The highest BCUT2D eigenvalue weighted by Gasteiger charge is 2.57. The van der Waals surface area contributed by atoms with Gasteiger partial charge in [-0.05, 0) is 45.3 Å². The highest BCUT2D eigenvalue weighted by Crippen LogP contribution is 2.50. The quantitative estimate of drug-likeness (QED) is 0.681. The summed E-state index contributed by atoms with van der Waals surface area (Å²) in [5.41, 5.74) is 9.02. The van der Waals surface area contributed by atoms with Crippen molar-refractivity contribution >= 4 is 23.9 Å². The van der Waals surface area contributed by atoms with Gasteiger partial charge in [0, 0.05) is 41.9 Å². The van der Waals surface area contributed by atoms with E-state index in [0.29, 0.717) is 6.54 Å². The van der Waals surface area contributed by atoms with Crippen molar-refractivity contribution in [2.24, 2.45) is 0 Å². The summed E-state index contributed by atoms with van der Waals surface area (Å²) >= 11 is 0. The molecule has 0 radical (unpaired) electrons. The lowest BCUT2D eigenvalue weighted by Crippen LogP contribution is -2.66. The van der Waals surface area contributed by atoms with Crippen LogP contribution >= 0.6 is 0 Å². The molecular formula is C21H26N4O3. The predicted octanol–water partition coefficient (Wildman–Crippen LogP) is 1.22. The average Bonchev–Trinajstić information content (AvgIpc) is 2.84. The zero-order chi connectivity index (χ0) is 19.5. The molecule has 2 atom stereocenters. The van der Waals surface area contributed by atoms with Gasteiger partial charge in [-0.1, -0.05) is 12.2 Å². The number of hydrogen-bond acceptors (Lipinski definition) is 5. The SMILES string of the molecule is CC(C)(C)OC(=O)N1CCC2(C3=CNNC=c4[nH]c5c(c43)CC=CC=5)CC1O2. The number of piperidine rings is 1. The lowest BCUT2D eigenvalue weighted by atomic mass is 9.75. The fourth-order valence-electron chi connectivity index (χ4n) is 4.51. The van der Waals surface area contributed by atoms with Crippen LogP contribution in [-0.4, -0.2) is 40.0 Å². The number of fused-ring (bicyclic) bond motifs is 5. The third-order valence-corrected chi connectivity index (χ3v) is 5.76. The molecule has 148 valence electrons. The molecule has 0 aromatic carbocycles. The van der Waals surface area contributed by atoms with E-state index < -0.39 is 5.60 Å². The van der Waals surface area contributed by atoms with E-state index in [1.165, 1.54) is 11.1 Å². The molecule has 28 heavy (non-hydrogen) atoms. The van der Waals surface area contributed by atoms with Crippen LogP contribution in [-0.2, 0) is 15.9 Å². The number of H-pyrrole nitrogens is 1. The van der Waals surface area contributed by atoms with Crippen LogP contribution in [0, 0.1) is 0 Å². The van der Waals surface area contributed by atoms with Crippen molar-refractivity contribution < 1.29 is 14.3 Å². The molecule has 6 rings (SSSR count). The van der Waals surface area contributed by atoms with E-state index >= 15 is 0 Å². The number of hydrogen-bond donors (Lipinski definition) is 3. The summed E-state index contributed by atoms with van der Waals surface area (Å²) in [5, 5.41) is 2.20. The first-order valence-electron chi connectivity index (χ1n) is 9.84. The van der Waals surface area contributed by atoms with E-state index in [0.717, 1.165) is 35.5 Å². The second-order valence-corrected chi connectivity index (χ2v) is 8.79. The van der Waals surface area contributed by atoms with Gasteiger partial charge < -0.3 is 25.3 Å². The van der Waals surface area contributed by atoms with Crippen molar-refractivity contribution in [1.29, 1.82) is 0 Å². The molecule has 7 nitrogen and oxygen atoms in total. The number of allylic oxidation sites excluding steroid dienone is 2. The summed E-state index contributed by atoms with van der Waals surface area (Å²) in [5.74, 6) is 0. The van der Waals surface area contributed by atoms with Gasteiger partial charge in [0.25, 0.3) is 0 Å². The van der Waals surface area contributed by atoms with Crippen molar-refractivity contribution in [1.82, 2.24) is 20.7 Å². The van der Waals surface area contributed by atoms with Crippen molar-refractivity contribution in [2.75, 3.05) is 6.54 Å². The summed E-state index contributed by atoms with van der Waals surface area (Å²) < 4.78 is 11.9. The first-order chi connectivity index (χ1) is 13.4. The maximum Gasteiger partial charge on any atom is 0.412 e. The Morgan fingerprint density at radius 3 is 2.79 bits per heavy atom. The highest BCUT2D eigenvalue weighted by molar-refractivity contribution is 5.78. The van der Waals surface area contributed by atoms with Crippen LogP contribution < -0.4 is 21.5 Å². The summed E-state index contributed by atoms with van der Waals surface area (Å²) in [6.07, 6.45) is 12.2. The zero-order valence-electron chi connectivity index (χ0n) is 16.5. The Balaban J connectivity index is 1.44. The lowest BCUT2D eigenvalue weighted by Gasteiger charge is -2.57. The van der Waals surface area contributed by atoms with Crippen molar-refractivity contribution in [3.05, 3.63) is 40.2 Å². The van der Waals surface area contributed by atoms with Crippen LogP contribution in [0.3, 0.4) is 0 Å². The largest absolute Gasteiger partial charge is 0.444 e. The summed E-state index contributed by atoms with van der Waals surface area (Å²) in [4.78, 5) is 17.7. The molecule has 0 saturated carbocycles. The number of rotatable bonds is 1. The number of aromatic amines is 1. The number of carbonyl (C=O) groups is 1. The second kappa shape index (κ2) is 5.91. The summed E-state index contributed by atoms with van der Waals surface area (Å²) in [6.45, 7) is 6.28. The lowest BCUT2D eigenvalue weighted by molar-refractivity contribution is -0.259. The van der Waals surface area contributed by atoms with E-state index in [-0.39, 0.29) is 17.9 Å². The van der Waals surface area contributed by atoms with Gasteiger partial charge in [-0.15, -0.1) is 0 Å². The normalized spacial score (nSPS) is 27.5. The molecule has 2 bridgehead atoms. The Labute approximate surface area is 163 Å². The Bertz CT molecular complexity index is 1000. The van der Waals surface area contributed by atoms with Crippen molar-refractivity contribution in [2.45, 2.75) is 57.5 Å². The summed E-state index contributed by atoms with van der Waals surface area (Å²) in [6, 6.07) is 0. The Morgan fingerprint density at radius 1 is 1.29 bits per heavy atom. The van der Waals surface area contributed by atoms with E-state index in [4.69, 9.17) is 9.47 Å². The fraction of sp³-hybridized carbons (Fsp3) is 0.476. The molecule has 5 aliphatic rings. The Morgan fingerprint density at radius 2 is 2.07 bits per heavy atom. The third kappa shape index (κ3) is 2.64. The molecule has 3 fully saturated rings. The van der Waals surface area contributed by atoms with E-state index in [1.54, 1.807) is 4.90 Å². The number of ether oxygens (including phenoxy) is 2. The van der Waals surface area contributed by atoms with Gasteiger partial charge in [-0.2, -0.15) is 0 Å². The van der Waals surface area contributed by atoms with Crippen LogP contribution in [0.2, 0.25) is 0 Å². The number of carbonyl (C=O) groups excluding carboxylic acids is 1. The number of amides is 1. The van der Waals surface area contributed by atoms with Gasteiger partial charge >= 0.3 is 6.09 Å². The highest BCUT2D eigenvalue weighted by atomic mass is 16.6. The van der Waals surface area contributed by atoms with Gasteiger partial charge in [0.15, 0.2) is 0 Å². The number of aromatic nitrogens is 1. The Kier molecular flexibility index (Phi) is 3.68. The number of hydrazine groups is 1. The molecule has 1 aromatic heterocycles. The monoisotopic (exact) mass is 382 g/mol. The molecule has 3 saturated heterocycles. The third-order valence-electron chi connectivity index (χ3n) is 5.76. The second-order valence-electron chi connectivity index (χ2n) is 8.79. The van der Waals surface area contributed by atoms with Gasteiger partial charge in [0.1, 0.15) is 17.4 Å². The average molecular weight is 382 g/mol. The topological polar surface area (TPSA) is 78.6 Å². The summed E-state index contributed by atoms with van der Waals surface area (Å²) in [7, 11) is 0. The first-order valence-corrected chi connectivity index (χ1v) is 9.84. The van der Waals surface area contributed by atoms with E-state index in [1.807, 2.05) is 33.2 Å². The van der Waals surface area contributed by atoms with Crippen LogP contribution in [0.25, 0.3) is 17.8 Å². The van der Waals surface area contributed by atoms with E-state index in [9.17, 15) is 4.79 Å². The molecule has 3 N–H and O–H groups in total. The van der Waals surface area contributed by atoms with Crippen LogP contribution in [0.5, 0.6) is 0 Å². The zero-order valence-corrected chi connectivity index (χ0v) is 16.5. The number of nitrogens with one attached hydrogen (secondary N) is 3. The van der Waals surface area contributed by atoms with Crippen molar-refractivity contribution in [3.8, 4) is 0 Å². The molecule has 1 amide bonds. The maximum atomic E-state index is 12.5. The molecule has 2 unspecified atom stereocenters. The minimum atomic E-state index is -0.506. The Hall–Kier alpha value is -2.67. The molecule has 0 spiro atoms. The van der Waals surface area contributed by atoms with Crippen LogP contribution in [0.1, 0.15) is 44.7 Å². The molecular weight excluding hydrogens is 356 g/mol. The van der Waals surface area contributed by atoms with Crippen LogP contribution in [0.4, 0.5) is 4.79 Å². The molecule has 4 aliphatic heterocycles. The van der Waals surface area contributed by atoms with Gasteiger partial charge in [0.2, 0.25) is 0 Å². The van der Waals surface area contributed by atoms with E-state index in [2.05, 4.69) is 34.1 Å². The predicted molar refractivity (Wildman–Crippen MR) is 106 cm³/mol. The molecule has 1 aromatic rings. The number of nitrogens with zero attached hydrogens (tertiary/aromatic N) is 1.